The molecule has 47 heavy (non-hydrogen) atoms. The minimum absolute atomic E-state index is 0.0676. The molecule has 0 amide bonds. The summed E-state index contributed by atoms with van der Waals surface area (Å²) in [7, 11) is 2.05. The van der Waals surface area contributed by atoms with E-state index in [9.17, 15) is 9.59 Å². The Labute approximate surface area is 272 Å². The number of fused-ring (bicyclic) bond motifs is 1. The number of benzene rings is 1. The number of thioether (sulfide) groups is 1. The van der Waals surface area contributed by atoms with Crippen LogP contribution in [0, 0.1) is 11.6 Å². The largest absolute Gasteiger partial charge is 0.416 e. The van der Waals surface area contributed by atoms with Gasteiger partial charge in [-0.1, -0.05) is 0 Å². The number of aryl methyl sites for hydroxylation is 2. The molecule has 5 aromatic rings. The first-order valence-corrected chi connectivity index (χ1v) is 16.8. The van der Waals surface area contributed by atoms with Gasteiger partial charge in [0.05, 0.1) is 26.9 Å². The van der Waals surface area contributed by atoms with Crippen LogP contribution in [0.4, 0.5) is 20.3 Å². The highest BCUT2D eigenvalue weighted by atomic mass is 32.2. The number of nitrogens with one attached hydrogen (secondary N) is 1. The molecule has 12 nitrogen and oxygen atoms in total. The van der Waals surface area contributed by atoms with E-state index in [2.05, 4.69) is 37.3 Å². The third kappa shape index (κ3) is 4.98. The second-order valence-electron chi connectivity index (χ2n) is 12.1. The van der Waals surface area contributed by atoms with Crippen molar-refractivity contribution in [1.82, 2.24) is 34.5 Å². The summed E-state index contributed by atoms with van der Waals surface area (Å²) in [5.74, 6) is -0.288. The highest BCUT2D eigenvalue weighted by Gasteiger charge is 2.29. The second kappa shape index (κ2) is 11.7. The number of nitrogens with zero attached hydrogens (tertiary/aromatic N) is 8. The molecule has 0 unspecified atom stereocenters. The SMILES string of the molecule is CCn1cc(-c2nnc(-c3cn4c5c(c(N6CCN(C)CC6)c(F)cc5c3=O)SCC4)o2)c(=O)c2cc(F)c(N3CCNCC3)nc21. The van der Waals surface area contributed by atoms with E-state index in [0.717, 1.165) is 18.0 Å². The molecule has 2 fully saturated rings. The Balaban J connectivity index is 1.21. The van der Waals surface area contributed by atoms with Gasteiger partial charge in [0.25, 0.3) is 11.8 Å². The van der Waals surface area contributed by atoms with E-state index in [4.69, 9.17) is 4.42 Å². The van der Waals surface area contributed by atoms with Crippen LogP contribution in [0.2, 0.25) is 0 Å². The highest BCUT2D eigenvalue weighted by molar-refractivity contribution is 7.99. The quantitative estimate of drug-likeness (QED) is 0.300. The van der Waals surface area contributed by atoms with Crippen LogP contribution in [0.15, 0.2) is 43.4 Å². The summed E-state index contributed by atoms with van der Waals surface area (Å²) in [6.07, 6.45) is 3.25. The number of aromatic nitrogens is 5. The fourth-order valence-electron chi connectivity index (χ4n) is 6.73. The number of piperazine rings is 2. The van der Waals surface area contributed by atoms with E-state index in [1.807, 2.05) is 16.4 Å². The first-order valence-electron chi connectivity index (χ1n) is 15.8. The molecule has 7 heterocycles. The Morgan fingerprint density at radius 3 is 2.28 bits per heavy atom. The van der Waals surface area contributed by atoms with Crippen molar-refractivity contribution < 1.29 is 13.2 Å². The molecule has 4 aromatic heterocycles. The van der Waals surface area contributed by atoms with E-state index in [1.54, 1.807) is 28.7 Å². The van der Waals surface area contributed by atoms with Gasteiger partial charge < -0.3 is 33.6 Å². The van der Waals surface area contributed by atoms with E-state index in [0.29, 0.717) is 75.0 Å². The third-order valence-corrected chi connectivity index (χ3v) is 10.3. The Morgan fingerprint density at radius 1 is 0.872 bits per heavy atom. The Bertz CT molecular complexity index is 2170. The zero-order valence-corrected chi connectivity index (χ0v) is 26.9. The normalized spacial score (nSPS) is 17.3. The van der Waals surface area contributed by atoms with Crippen molar-refractivity contribution in [2.45, 2.75) is 24.9 Å². The Kier molecular flexibility index (Phi) is 7.49. The number of hydrogen-bond donors (Lipinski definition) is 1. The summed E-state index contributed by atoms with van der Waals surface area (Å²) in [4.78, 5) is 39.1. The maximum Gasteiger partial charge on any atom is 0.253 e. The lowest BCUT2D eigenvalue weighted by atomic mass is 10.1. The van der Waals surface area contributed by atoms with Gasteiger partial charge in [0, 0.05) is 83.6 Å². The van der Waals surface area contributed by atoms with Crippen LogP contribution in [-0.2, 0) is 13.1 Å². The predicted molar refractivity (Wildman–Crippen MR) is 178 cm³/mol. The summed E-state index contributed by atoms with van der Waals surface area (Å²) in [6.45, 7) is 8.66. The van der Waals surface area contributed by atoms with Crippen LogP contribution in [-0.4, -0.2) is 94.4 Å². The van der Waals surface area contributed by atoms with Gasteiger partial charge in [-0.15, -0.1) is 22.0 Å². The molecular formula is C32H33F2N9O3S. The molecule has 0 saturated carbocycles. The third-order valence-electron chi connectivity index (χ3n) is 9.27. The van der Waals surface area contributed by atoms with Gasteiger partial charge in [-0.25, -0.2) is 13.8 Å². The fraction of sp³-hybridized carbons (Fsp3) is 0.406. The standard InChI is InChI=1S/C32H33F2N9O3S/c1-3-40-16-20(27(45)19-15-23(34)30(36-29(19)40)42-6-4-35-5-7-42)31-37-38-32(46-31)21-17-43-12-13-47-28-24(43)18(26(21)44)14-22(33)25(28)41-10-8-39(2)9-11-41/h14-17,35H,3-13H2,1-2H3. The van der Waals surface area contributed by atoms with Crippen LogP contribution < -0.4 is 26.0 Å². The summed E-state index contributed by atoms with van der Waals surface area (Å²) < 4.78 is 40.8. The van der Waals surface area contributed by atoms with Gasteiger partial charge in [-0.2, -0.15) is 0 Å². The van der Waals surface area contributed by atoms with Gasteiger partial charge in [0.2, 0.25) is 10.9 Å². The molecule has 0 bridgehead atoms. The molecular weight excluding hydrogens is 628 g/mol. The molecule has 244 valence electrons. The monoisotopic (exact) mass is 661 g/mol. The van der Waals surface area contributed by atoms with Gasteiger partial charge in [0.15, 0.2) is 11.6 Å². The zero-order chi connectivity index (χ0) is 32.4. The molecule has 0 atom stereocenters. The summed E-state index contributed by atoms with van der Waals surface area (Å²) in [5, 5.41) is 11.8. The molecule has 8 rings (SSSR count). The van der Waals surface area contributed by atoms with E-state index >= 15 is 8.78 Å². The van der Waals surface area contributed by atoms with Crippen molar-refractivity contribution in [2.24, 2.45) is 0 Å². The molecule has 15 heteroatoms. The molecule has 0 radical (unpaired) electrons. The van der Waals surface area contributed by atoms with Crippen molar-refractivity contribution >= 4 is 45.2 Å². The van der Waals surface area contributed by atoms with Gasteiger partial charge in [-0.05, 0) is 26.1 Å². The number of likely N-dealkylation sites (N-methyl/N-ethyl adjacent to an activating group) is 1. The number of pyridine rings is 3. The topological polar surface area (TPSA) is 118 Å². The Hall–Kier alpha value is -4.34. The van der Waals surface area contributed by atoms with Gasteiger partial charge in [-0.3, -0.25) is 9.59 Å². The number of hydrogen-bond acceptors (Lipinski definition) is 11. The molecule has 0 aliphatic carbocycles. The van der Waals surface area contributed by atoms with E-state index in [1.165, 1.54) is 12.1 Å². The maximum absolute atomic E-state index is 15.8. The van der Waals surface area contributed by atoms with Crippen LogP contribution in [0.3, 0.4) is 0 Å². The van der Waals surface area contributed by atoms with E-state index < -0.39 is 22.5 Å². The van der Waals surface area contributed by atoms with Gasteiger partial charge >= 0.3 is 0 Å². The van der Waals surface area contributed by atoms with Gasteiger partial charge in [0.1, 0.15) is 22.6 Å². The first kappa shape index (κ1) is 30.0. The molecule has 3 aliphatic rings. The summed E-state index contributed by atoms with van der Waals surface area (Å²) >= 11 is 1.56. The lowest BCUT2D eigenvalue weighted by Crippen LogP contribution is -2.45. The number of halogens is 2. The highest BCUT2D eigenvalue weighted by Crippen LogP contribution is 2.42. The zero-order valence-electron chi connectivity index (χ0n) is 26.1. The summed E-state index contributed by atoms with van der Waals surface area (Å²) in [6, 6.07) is 2.54. The average molecular weight is 662 g/mol. The summed E-state index contributed by atoms with van der Waals surface area (Å²) in [5.41, 5.74) is 0.836. The predicted octanol–water partition coefficient (Wildman–Crippen LogP) is 2.99. The molecule has 1 N–H and O–H groups in total. The molecule has 0 spiro atoms. The van der Waals surface area contributed by atoms with Crippen molar-refractivity contribution in [3.8, 4) is 22.9 Å². The van der Waals surface area contributed by atoms with Crippen molar-refractivity contribution in [2.75, 3.05) is 75.0 Å². The average Bonchev–Trinajstić information content (AvgIpc) is 3.57. The van der Waals surface area contributed by atoms with Crippen molar-refractivity contribution in [1.29, 1.82) is 0 Å². The minimum atomic E-state index is -0.582. The number of rotatable bonds is 5. The van der Waals surface area contributed by atoms with Crippen LogP contribution >= 0.6 is 11.8 Å². The van der Waals surface area contributed by atoms with Crippen molar-refractivity contribution in [3.05, 3.63) is 56.6 Å². The molecule has 1 aromatic carbocycles. The molecule has 3 aliphatic heterocycles. The van der Waals surface area contributed by atoms with Crippen molar-refractivity contribution in [3.63, 3.8) is 0 Å². The van der Waals surface area contributed by atoms with Crippen LogP contribution in [0.1, 0.15) is 6.92 Å². The Morgan fingerprint density at radius 2 is 1.55 bits per heavy atom. The smallest absolute Gasteiger partial charge is 0.253 e. The van der Waals surface area contributed by atoms with Crippen LogP contribution in [0.5, 0.6) is 0 Å². The lowest BCUT2D eigenvalue weighted by molar-refractivity contribution is 0.311. The lowest BCUT2D eigenvalue weighted by Gasteiger charge is -2.36. The molecule has 2 saturated heterocycles. The minimum Gasteiger partial charge on any atom is -0.416 e. The first-order chi connectivity index (χ1) is 22.8. The van der Waals surface area contributed by atoms with E-state index in [-0.39, 0.29) is 39.5 Å². The number of anilines is 2. The maximum atomic E-state index is 15.8. The van der Waals surface area contributed by atoms with Crippen LogP contribution in [0.25, 0.3) is 44.8 Å². The second-order valence-corrected chi connectivity index (χ2v) is 13.2. The fourth-order valence-corrected chi connectivity index (χ4v) is 7.95.